The highest BCUT2D eigenvalue weighted by atomic mass is 16.5. The second-order valence-electron chi connectivity index (χ2n) is 6.73. The van der Waals surface area contributed by atoms with Crippen LogP contribution < -0.4 is 0 Å². The van der Waals surface area contributed by atoms with Crippen LogP contribution >= 0.6 is 0 Å². The van der Waals surface area contributed by atoms with Crippen molar-refractivity contribution in [2.75, 3.05) is 19.6 Å². The number of rotatable bonds is 13. The predicted octanol–water partition coefficient (Wildman–Crippen LogP) is 4.93. The molecular weight excluding hydrogens is 274 g/mol. The summed E-state index contributed by atoms with van der Waals surface area (Å²) in [6.07, 6.45) is 14.8. The minimum atomic E-state index is 0.0162. The van der Waals surface area contributed by atoms with E-state index in [9.17, 15) is 4.79 Å². The molecule has 1 atom stereocenters. The van der Waals surface area contributed by atoms with Gasteiger partial charge in [-0.2, -0.15) is 0 Å². The van der Waals surface area contributed by atoms with Gasteiger partial charge in [0, 0.05) is 19.5 Å². The molecule has 0 aromatic rings. The SMILES string of the molecule is CCCCCCCCCCCCC(=O)OC1CCN(CC)C1. The van der Waals surface area contributed by atoms with E-state index in [-0.39, 0.29) is 12.1 Å². The van der Waals surface area contributed by atoms with E-state index < -0.39 is 0 Å². The van der Waals surface area contributed by atoms with Crippen molar-refractivity contribution in [2.24, 2.45) is 0 Å². The van der Waals surface area contributed by atoms with Crippen molar-refractivity contribution in [3.63, 3.8) is 0 Å². The molecule has 0 aromatic carbocycles. The average molecular weight is 312 g/mol. The highest BCUT2D eigenvalue weighted by molar-refractivity contribution is 5.69. The van der Waals surface area contributed by atoms with Crippen LogP contribution in [0, 0.1) is 0 Å². The highest BCUT2D eigenvalue weighted by Gasteiger charge is 2.23. The van der Waals surface area contributed by atoms with Crippen molar-refractivity contribution in [1.29, 1.82) is 0 Å². The number of likely N-dealkylation sites (N-methyl/N-ethyl adjacent to an activating group) is 1. The lowest BCUT2D eigenvalue weighted by molar-refractivity contribution is -0.148. The summed E-state index contributed by atoms with van der Waals surface area (Å²) in [7, 11) is 0. The lowest BCUT2D eigenvalue weighted by atomic mass is 10.1. The van der Waals surface area contributed by atoms with E-state index in [0.717, 1.165) is 32.5 Å². The zero-order valence-corrected chi connectivity index (χ0v) is 14.9. The standard InChI is InChI=1S/C19H37NO2/c1-3-5-6-7-8-9-10-11-12-13-14-19(21)22-18-15-16-20(4-2)17-18/h18H,3-17H2,1-2H3. The summed E-state index contributed by atoms with van der Waals surface area (Å²) < 4.78 is 5.55. The van der Waals surface area contributed by atoms with Crippen LogP contribution in [0.25, 0.3) is 0 Å². The van der Waals surface area contributed by atoms with Gasteiger partial charge in [-0.25, -0.2) is 0 Å². The molecule has 1 unspecified atom stereocenters. The topological polar surface area (TPSA) is 29.5 Å². The Balaban J connectivity index is 1.85. The Morgan fingerprint density at radius 1 is 0.955 bits per heavy atom. The van der Waals surface area contributed by atoms with Crippen LogP contribution in [0.3, 0.4) is 0 Å². The monoisotopic (exact) mass is 311 g/mol. The number of unbranched alkanes of at least 4 members (excludes halogenated alkanes) is 9. The van der Waals surface area contributed by atoms with Gasteiger partial charge in [0.1, 0.15) is 6.10 Å². The van der Waals surface area contributed by atoms with Gasteiger partial charge in [0.05, 0.1) is 0 Å². The molecule has 1 fully saturated rings. The maximum absolute atomic E-state index is 11.8. The zero-order valence-electron chi connectivity index (χ0n) is 14.9. The molecule has 22 heavy (non-hydrogen) atoms. The lowest BCUT2D eigenvalue weighted by Crippen LogP contribution is -2.24. The number of ether oxygens (including phenoxy) is 1. The third kappa shape index (κ3) is 9.45. The molecule has 3 heteroatoms. The fraction of sp³-hybridized carbons (Fsp3) is 0.947. The molecule has 1 heterocycles. The summed E-state index contributed by atoms with van der Waals surface area (Å²) in [6, 6.07) is 0. The summed E-state index contributed by atoms with van der Waals surface area (Å²) in [4.78, 5) is 14.1. The Kier molecular flexibility index (Phi) is 11.4. The number of nitrogens with zero attached hydrogens (tertiary/aromatic N) is 1. The molecule has 3 nitrogen and oxygen atoms in total. The van der Waals surface area contributed by atoms with Crippen LogP contribution in [-0.2, 0) is 9.53 Å². The van der Waals surface area contributed by atoms with Gasteiger partial charge >= 0.3 is 5.97 Å². The van der Waals surface area contributed by atoms with Crippen molar-refractivity contribution < 1.29 is 9.53 Å². The molecule has 1 rings (SSSR count). The molecule has 0 amide bonds. The van der Waals surface area contributed by atoms with Crippen molar-refractivity contribution in [3.05, 3.63) is 0 Å². The Morgan fingerprint density at radius 2 is 1.55 bits per heavy atom. The van der Waals surface area contributed by atoms with E-state index in [1.54, 1.807) is 0 Å². The Morgan fingerprint density at radius 3 is 2.09 bits per heavy atom. The van der Waals surface area contributed by atoms with E-state index in [4.69, 9.17) is 4.74 Å². The van der Waals surface area contributed by atoms with Gasteiger partial charge in [-0.15, -0.1) is 0 Å². The second-order valence-corrected chi connectivity index (χ2v) is 6.73. The summed E-state index contributed by atoms with van der Waals surface area (Å²) in [5, 5.41) is 0. The van der Waals surface area contributed by atoms with Gasteiger partial charge in [-0.3, -0.25) is 9.69 Å². The number of esters is 1. The molecule has 0 spiro atoms. The van der Waals surface area contributed by atoms with Crippen molar-refractivity contribution in [2.45, 2.75) is 97.0 Å². The smallest absolute Gasteiger partial charge is 0.306 e. The molecule has 0 saturated carbocycles. The van der Waals surface area contributed by atoms with Gasteiger partial charge in [0.25, 0.3) is 0 Å². The first-order valence-electron chi connectivity index (χ1n) is 9.68. The normalized spacial score (nSPS) is 18.7. The Labute approximate surface area is 137 Å². The van der Waals surface area contributed by atoms with Gasteiger partial charge in [0.15, 0.2) is 0 Å². The zero-order chi connectivity index (χ0) is 16.0. The average Bonchev–Trinajstić information content (AvgIpc) is 2.96. The van der Waals surface area contributed by atoms with Crippen LogP contribution in [0.5, 0.6) is 0 Å². The highest BCUT2D eigenvalue weighted by Crippen LogP contribution is 2.15. The number of likely N-dealkylation sites (tertiary alicyclic amines) is 1. The molecule has 1 saturated heterocycles. The van der Waals surface area contributed by atoms with Crippen molar-refractivity contribution >= 4 is 5.97 Å². The molecule has 1 aliphatic rings. The third-order valence-electron chi connectivity index (χ3n) is 4.71. The first-order valence-corrected chi connectivity index (χ1v) is 9.68. The molecular formula is C19H37NO2. The van der Waals surface area contributed by atoms with E-state index in [1.165, 1.54) is 57.8 Å². The number of carbonyl (C=O) groups excluding carboxylic acids is 1. The van der Waals surface area contributed by atoms with E-state index >= 15 is 0 Å². The summed E-state index contributed by atoms with van der Waals surface area (Å²) >= 11 is 0. The van der Waals surface area contributed by atoms with Crippen molar-refractivity contribution in [3.8, 4) is 0 Å². The summed E-state index contributed by atoms with van der Waals surface area (Å²) in [5.74, 6) is 0.0162. The van der Waals surface area contributed by atoms with E-state index in [1.807, 2.05) is 0 Å². The van der Waals surface area contributed by atoms with Crippen molar-refractivity contribution in [1.82, 2.24) is 4.90 Å². The van der Waals surface area contributed by atoms with Crippen LogP contribution in [0.1, 0.15) is 90.9 Å². The molecule has 0 aromatic heterocycles. The molecule has 0 aliphatic carbocycles. The fourth-order valence-electron chi connectivity index (χ4n) is 3.18. The van der Waals surface area contributed by atoms with Gasteiger partial charge in [-0.1, -0.05) is 71.6 Å². The van der Waals surface area contributed by atoms with E-state index in [2.05, 4.69) is 18.7 Å². The molecule has 0 radical (unpaired) electrons. The maximum Gasteiger partial charge on any atom is 0.306 e. The summed E-state index contributed by atoms with van der Waals surface area (Å²) in [6.45, 7) is 7.49. The largest absolute Gasteiger partial charge is 0.461 e. The number of hydrogen-bond acceptors (Lipinski definition) is 3. The van der Waals surface area contributed by atoms with Crippen LogP contribution in [0.2, 0.25) is 0 Å². The van der Waals surface area contributed by atoms with Gasteiger partial charge in [-0.05, 0) is 19.4 Å². The lowest BCUT2D eigenvalue weighted by Gasteiger charge is -2.13. The minimum Gasteiger partial charge on any atom is -0.461 e. The predicted molar refractivity (Wildman–Crippen MR) is 93.1 cm³/mol. The van der Waals surface area contributed by atoms with E-state index in [0.29, 0.717) is 6.42 Å². The Hall–Kier alpha value is -0.570. The molecule has 1 aliphatic heterocycles. The quantitative estimate of drug-likeness (QED) is 0.356. The number of hydrogen-bond donors (Lipinski definition) is 0. The summed E-state index contributed by atoms with van der Waals surface area (Å²) in [5.41, 5.74) is 0. The first-order chi connectivity index (χ1) is 10.8. The molecule has 130 valence electrons. The fourth-order valence-corrected chi connectivity index (χ4v) is 3.18. The first kappa shape index (κ1) is 19.5. The maximum atomic E-state index is 11.8. The van der Waals surface area contributed by atoms with Crippen LogP contribution in [-0.4, -0.2) is 36.6 Å². The third-order valence-corrected chi connectivity index (χ3v) is 4.71. The second kappa shape index (κ2) is 12.9. The Bertz CT molecular complexity index is 281. The number of carbonyl (C=O) groups is 1. The minimum absolute atomic E-state index is 0.0162. The van der Waals surface area contributed by atoms with Crippen LogP contribution in [0.15, 0.2) is 0 Å². The van der Waals surface area contributed by atoms with Gasteiger partial charge < -0.3 is 4.74 Å². The molecule has 0 bridgehead atoms. The molecule has 0 N–H and O–H groups in total. The van der Waals surface area contributed by atoms with Crippen LogP contribution in [0.4, 0.5) is 0 Å². The van der Waals surface area contributed by atoms with Gasteiger partial charge in [0.2, 0.25) is 0 Å².